The number of aromatic nitrogens is 1. The van der Waals surface area contributed by atoms with Gasteiger partial charge in [-0.2, -0.15) is 0 Å². The van der Waals surface area contributed by atoms with Crippen molar-refractivity contribution in [1.82, 2.24) is 20.1 Å². The number of methoxy groups -OCH3 is 1. The van der Waals surface area contributed by atoms with Crippen molar-refractivity contribution in [3.8, 4) is 5.75 Å². The molecule has 1 aromatic heterocycles. The Morgan fingerprint density at radius 3 is 2.24 bits per heavy atom. The van der Waals surface area contributed by atoms with Gasteiger partial charge in [0.05, 0.1) is 13.7 Å². The van der Waals surface area contributed by atoms with E-state index in [4.69, 9.17) is 4.74 Å². The van der Waals surface area contributed by atoms with Crippen molar-refractivity contribution < 1.29 is 19.1 Å². The van der Waals surface area contributed by atoms with E-state index in [1.54, 1.807) is 43.5 Å². The van der Waals surface area contributed by atoms with Crippen LogP contribution >= 0.6 is 0 Å². The minimum Gasteiger partial charge on any atom is -0.497 e. The predicted molar refractivity (Wildman–Crippen MR) is 157 cm³/mol. The van der Waals surface area contributed by atoms with E-state index in [2.05, 4.69) is 28.2 Å². The Kier molecular flexibility index (Phi) is 7.71. The van der Waals surface area contributed by atoms with Gasteiger partial charge in [-0.15, -0.1) is 0 Å². The van der Waals surface area contributed by atoms with Gasteiger partial charge in [0.1, 0.15) is 17.1 Å². The molecule has 2 aromatic carbocycles. The second-order valence-electron chi connectivity index (χ2n) is 11.1. The highest BCUT2D eigenvalue weighted by atomic mass is 16.5. The Bertz CT molecular complexity index is 1450. The number of nitrogens with one attached hydrogen (secondary N) is 1. The highest BCUT2D eigenvalue weighted by Crippen LogP contribution is 2.37. The monoisotopic (exact) mass is 555 g/mol. The molecule has 0 spiro atoms. The molecule has 214 valence electrons. The fraction of sp³-hybridized carbons (Fsp3) is 0.375. The van der Waals surface area contributed by atoms with Gasteiger partial charge in [-0.1, -0.05) is 44.2 Å². The molecule has 2 fully saturated rings. The number of carbonyl (C=O) groups is 3. The molecule has 41 heavy (non-hydrogen) atoms. The highest BCUT2D eigenvalue weighted by Gasteiger charge is 2.54. The topological polar surface area (TPSA) is 95.1 Å². The number of hydrogen-bond acceptors (Lipinski definition) is 6. The number of carbonyl (C=O) groups excluding carboxylic acids is 3. The molecule has 3 heterocycles. The molecule has 1 atom stereocenters. The number of aryl methyl sites for hydroxylation is 2. The maximum Gasteiger partial charge on any atom is 0.325 e. The molecule has 0 saturated carbocycles. The summed E-state index contributed by atoms with van der Waals surface area (Å²) < 4.78 is 5.21. The van der Waals surface area contributed by atoms with E-state index in [0.717, 1.165) is 22.5 Å². The van der Waals surface area contributed by atoms with Crippen molar-refractivity contribution in [3.63, 3.8) is 0 Å². The number of ether oxygens (including phenoxy) is 1. The lowest BCUT2D eigenvalue weighted by atomic mass is 9.79. The normalized spacial score (nSPS) is 19.1. The van der Waals surface area contributed by atoms with E-state index in [0.29, 0.717) is 43.1 Å². The van der Waals surface area contributed by atoms with Crippen molar-refractivity contribution in [2.75, 3.05) is 38.2 Å². The molecule has 0 aliphatic carbocycles. The summed E-state index contributed by atoms with van der Waals surface area (Å²) in [4.78, 5) is 50.1. The smallest absolute Gasteiger partial charge is 0.325 e. The number of nitrogens with zero attached hydrogens (tertiary/aromatic N) is 4. The molecule has 2 aliphatic rings. The van der Waals surface area contributed by atoms with Crippen molar-refractivity contribution in [2.45, 2.75) is 39.8 Å². The van der Waals surface area contributed by atoms with Crippen LogP contribution in [-0.4, -0.2) is 65.9 Å². The van der Waals surface area contributed by atoms with E-state index in [1.807, 2.05) is 44.0 Å². The molecule has 1 unspecified atom stereocenters. The fourth-order valence-electron chi connectivity index (χ4n) is 5.79. The first-order chi connectivity index (χ1) is 19.6. The van der Waals surface area contributed by atoms with Crippen LogP contribution in [0, 0.1) is 19.8 Å². The molecule has 9 heteroatoms. The Balaban J connectivity index is 1.29. The van der Waals surface area contributed by atoms with Crippen LogP contribution < -0.4 is 15.0 Å². The zero-order valence-electron chi connectivity index (χ0n) is 24.3. The lowest BCUT2D eigenvalue weighted by Crippen LogP contribution is -2.49. The van der Waals surface area contributed by atoms with Crippen LogP contribution in [0.25, 0.3) is 0 Å². The maximum atomic E-state index is 13.8. The van der Waals surface area contributed by atoms with E-state index in [-0.39, 0.29) is 24.3 Å². The first kappa shape index (κ1) is 28.1. The van der Waals surface area contributed by atoms with Gasteiger partial charge in [-0.3, -0.25) is 14.5 Å². The summed E-state index contributed by atoms with van der Waals surface area (Å²) >= 11 is 0. The van der Waals surface area contributed by atoms with Crippen molar-refractivity contribution in [1.29, 1.82) is 0 Å². The van der Waals surface area contributed by atoms with Crippen LogP contribution in [0.2, 0.25) is 0 Å². The van der Waals surface area contributed by atoms with Gasteiger partial charge in [-0.25, -0.2) is 9.78 Å². The van der Waals surface area contributed by atoms with Crippen LogP contribution in [0.4, 0.5) is 10.6 Å². The molecular formula is C32H37N5O4. The Hall–Kier alpha value is -4.40. The number of imide groups is 1. The summed E-state index contributed by atoms with van der Waals surface area (Å²) in [7, 11) is 1.59. The molecule has 2 aliphatic heterocycles. The Labute approximate surface area is 241 Å². The number of amides is 4. The van der Waals surface area contributed by atoms with Crippen LogP contribution in [0.1, 0.15) is 46.5 Å². The molecule has 0 bridgehead atoms. The third-order valence-electron chi connectivity index (χ3n) is 8.14. The Morgan fingerprint density at radius 1 is 1.00 bits per heavy atom. The van der Waals surface area contributed by atoms with Crippen LogP contribution in [0.5, 0.6) is 5.75 Å². The second kappa shape index (κ2) is 11.2. The number of urea groups is 1. The van der Waals surface area contributed by atoms with Gasteiger partial charge in [0.15, 0.2) is 0 Å². The third-order valence-corrected chi connectivity index (χ3v) is 8.14. The van der Waals surface area contributed by atoms with Gasteiger partial charge in [-0.05, 0) is 66.3 Å². The lowest BCUT2D eigenvalue weighted by Gasteiger charge is -2.36. The van der Waals surface area contributed by atoms with Crippen molar-refractivity contribution in [2.24, 2.45) is 5.92 Å². The standard InChI is InChI=1S/C32H37N5O4/c1-21(2)32(30(39)37(31(40)34-32)20-24-6-12-27(41-5)13-7-24)26-10-8-25(9-11-26)29(38)36-16-14-35(15-17-36)28-23(4)18-22(3)19-33-28/h6-13,18-19,21H,14-17,20H2,1-5H3,(H,34,40). The summed E-state index contributed by atoms with van der Waals surface area (Å²) in [6.45, 7) is 10.7. The van der Waals surface area contributed by atoms with E-state index >= 15 is 0 Å². The molecule has 4 amide bonds. The van der Waals surface area contributed by atoms with E-state index in [1.165, 1.54) is 4.90 Å². The van der Waals surface area contributed by atoms with Gasteiger partial charge in [0.25, 0.3) is 11.8 Å². The Morgan fingerprint density at radius 2 is 1.66 bits per heavy atom. The molecule has 5 rings (SSSR count). The summed E-state index contributed by atoms with van der Waals surface area (Å²) in [5.74, 6) is 1.11. The summed E-state index contributed by atoms with van der Waals surface area (Å²) in [6.07, 6.45) is 1.88. The highest BCUT2D eigenvalue weighted by molar-refractivity contribution is 6.07. The van der Waals surface area contributed by atoms with E-state index in [9.17, 15) is 14.4 Å². The number of piperazine rings is 1. The molecule has 1 N–H and O–H groups in total. The quantitative estimate of drug-likeness (QED) is 0.438. The molecule has 9 nitrogen and oxygen atoms in total. The molecule has 2 saturated heterocycles. The summed E-state index contributed by atoms with van der Waals surface area (Å²) in [5.41, 5.74) is 3.09. The SMILES string of the molecule is COc1ccc(CN2C(=O)NC(c3ccc(C(=O)N4CCN(c5ncc(C)cc5C)CC4)cc3)(C(C)C)C2=O)cc1. The minimum atomic E-state index is -1.21. The average Bonchev–Trinajstić information content (AvgIpc) is 3.23. The van der Waals surface area contributed by atoms with Crippen LogP contribution in [0.15, 0.2) is 60.8 Å². The predicted octanol–water partition coefficient (Wildman–Crippen LogP) is 4.27. The third kappa shape index (κ3) is 5.24. The van der Waals surface area contributed by atoms with Crippen molar-refractivity contribution >= 4 is 23.7 Å². The van der Waals surface area contributed by atoms with Gasteiger partial charge >= 0.3 is 6.03 Å². The zero-order chi connectivity index (χ0) is 29.3. The van der Waals surface area contributed by atoms with Crippen LogP contribution in [0.3, 0.4) is 0 Å². The molecule has 0 radical (unpaired) electrons. The number of hydrogen-bond donors (Lipinski definition) is 1. The largest absolute Gasteiger partial charge is 0.497 e. The maximum absolute atomic E-state index is 13.8. The number of pyridine rings is 1. The van der Waals surface area contributed by atoms with Crippen molar-refractivity contribution in [3.05, 3.63) is 88.6 Å². The number of benzene rings is 2. The molecular weight excluding hydrogens is 518 g/mol. The average molecular weight is 556 g/mol. The lowest BCUT2D eigenvalue weighted by molar-refractivity contribution is -0.133. The number of anilines is 1. The number of rotatable bonds is 7. The fourth-order valence-corrected chi connectivity index (χ4v) is 5.79. The molecule has 3 aromatic rings. The zero-order valence-corrected chi connectivity index (χ0v) is 24.3. The van der Waals surface area contributed by atoms with Crippen LogP contribution in [-0.2, 0) is 16.9 Å². The summed E-state index contributed by atoms with van der Waals surface area (Å²) in [5, 5.41) is 2.97. The van der Waals surface area contributed by atoms with E-state index < -0.39 is 11.6 Å². The second-order valence-corrected chi connectivity index (χ2v) is 11.1. The minimum absolute atomic E-state index is 0.0497. The summed E-state index contributed by atoms with van der Waals surface area (Å²) in [6, 6.07) is 16.1. The van der Waals surface area contributed by atoms with Gasteiger partial charge < -0.3 is 19.9 Å². The first-order valence-electron chi connectivity index (χ1n) is 14.0. The first-order valence-corrected chi connectivity index (χ1v) is 14.0. The van der Waals surface area contributed by atoms with Gasteiger partial charge in [0, 0.05) is 37.9 Å². The van der Waals surface area contributed by atoms with Gasteiger partial charge in [0.2, 0.25) is 0 Å².